The van der Waals surface area contributed by atoms with Gasteiger partial charge in [-0.15, -0.1) is 13.2 Å². The van der Waals surface area contributed by atoms with Gasteiger partial charge >= 0.3 is 6.36 Å². The molecule has 2 aromatic rings. The smallest absolute Gasteiger partial charge is 0.406 e. The Morgan fingerprint density at radius 3 is 2.24 bits per heavy atom. The monoisotopic (exact) mass is 411 g/mol. The molecule has 0 radical (unpaired) electrons. The predicted octanol–water partition coefficient (Wildman–Crippen LogP) is 3.87. The molecule has 2 aromatic carbocycles. The number of halogens is 4. The standard InChI is InChI=1S/C20H21F4N3O2/c1-14(19(28)25-15-6-8-16(9-7-15)29-20(22,23)24)26-10-12-27(13-11-26)18-5-3-2-4-17(18)21/h2-9,14H,10-13H2,1H3,(H,25,28)/t14-/m1/s1. The lowest BCUT2D eigenvalue weighted by Crippen LogP contribution is -2.53. The summed E-state index contributed by atoms with van der Waals surface area (Å²) in [4.78, 5) is 16.4. The second-order valence-corrected chi connectivity index (χ2v) is 6.71. The number of anilines is 2. The van der Waals surface area contributed by atoms with Gasteiger partial charge in [-0.25, -0.2) is 4.39 Å². The van der Waals surface area contributed by atoms with Crippen molar-refractivity contribution in [3.63, 3.8) is 0 Å². The number of nitrogens with one attached hydrogen (secondary N) is 1. The Hall–Kier alpha value is -2.81. The first-order valence-corrected chi connectivity index (χ1v) is 9.13. The number of rotatable bonds is 5. The molecule has 1 aliphatic rings. The molecule has 1 fully saturated rings. The van der Waals surface area contributed by atoms with Gasteiger partial charge < -0.3 is 15.0 Å². The van der Waals surface area contributed by atoms with Crippen molar-refractivity contribution in [1.82, 2.24) is 4.90 Å². The van der Waals surface area contributed by atoms with Crippen molar-refractivity contribution in [1.29, 1.82) is 0 Å². The predicted molar refractivity (Wildman–Crippen MR) is 101 cm³/mol. The minimum atomic E-state index is -4.76. The highest BCUT2D eigenvalue weighted by Gasteiger charge is 2.31. The van der Waals surface area contributed by atoms with Crippen molar-refractivity contribution in [2.45, 2.75) is 19.3 Å². The number of para-hydroxylation sites is 1. The average Bonchev–Trinajstić information content (AvgIpc) is 2.68. The van der Waals surface area contributed by atoms with Gasteiger partial charge in [-0.3, -0.25) is 9.69 Å². The first kappa shape index (κ1) is 20.9. The zero-order chi connectivity index (χ0) is 21.0. The quantitative estimate of drug-likeness (QED) is 0.759. The van der Waals surface area contributed by atoms with E-state index in [1.165, 1.54) is 18.2 Å². The third-order valence-electron chi connectivity index (χ3n) is 4.79. The maximum Gasteiger partial charge on any atom is 0.573 e. The van der Waals surface area contributed by atoms with Gasteiger partial charge in [0.25, 0.3) is 0 Å². The van der Waals surface area contributed by atoms with Gasteiger partial charge in [-0.2, -0.15) is 0 Å². The summed E-state index contributed by atoms with van der Waals surface area (Å²) in [6.45, 7) is 4.10. The molecule has 1 amide bonds. The summed E-state index contributed by atoms with van der Waals surface area (Å²) in [6, 6.07) is 11.1. The van der Waals surface area contributed by atoms with Crippen LogP contribution in [0.15, 0.2) is 48.5 Å². The van der Waals surface area contributed by atoms with Gasteiger partial charge in [0.1, 0.15) is 11.6 Å². The van der Waals surface area contributed by atoms with Crippen molar-refractivity contribution < 1.29 is 27.1 Å². The number of piperazine rings is 1. The maximum atomic E-state index is 13.9. The van der Waals surface area contributed by atoms with E-state index in [-0.39, 0.29) is 17.5 Å². The lowest BCUT2D eigenvalue weighted by molar-refractivity contribution is -0.274. The summed E-state index contributed by atoms with van der Waals surface area (Å²) >= 11 is 0. The first-order valence-electron chi connectivity index (χ1n) is 9.13. The zero-order valence-electron chi connectivity index (χ0n) is 15.7. The van der Waals surface area contributed by atoms with Gasteiger partial charge in [-0.1, -0.05) is 12.1 Å². The van der Waals surface area contributed by atoms with Gasteiger partial charge in [0.2, 0.25) is 5.91 Å². The largest absolute Gasteiger partial charge is 0.573 e. The van der Waals surface area contributed by atoms with Gasteiger partial charge in [0, 0.05) is 31.9 Å². The normalized spacial score (nSPS) is 16.4. The SMILES string of the molecule is C[C@H](C(=O)Nc1ccc(OC(F)(F)F)cc1)N1CCN(c2ccccc2F)CC1. The Labute approximate surface area is 165 Å². The molecule has 1 heterocycles. The third-order valence-corrected chi connectivity index (χ3v) is 4.79. The van der Waals surface area contributed by atoms with Crippen LogP contribution >= 0.6 is 0 Å². The molecule has 1 saturated heterocycles. The van der Waals surface area contributed by atoms with Crippen LogP contribution in [0.1, 0.15) is 6.92 Å². The fourth-order valence-electron chi connectivity index (χ4n) is 3.21. The Kier molecular flexibility index (Phi) is 6.26. The van der Waals surface area contributed by atoms with E-state index in [2.05, 4.69) is 10.1 Å². The van der Waals surface area contributed by atoms with Crippen LogP contribution in [0.4, 0.5) is 28.9 Å². The molecule has 1 N–H and O–H groups in total. The van der Waals surface area contributed by atoms with Crippen molar-refractivity contribution in [3.8, 4) is 5.75 Å². The van der Waals surface area contributed by atoms with E-state index < -0.39 is 12.4 Å². The third kappa shape index (κ3) is 5.60. The summed E-state index contributed by atoms with van der Waals surface area (Å²) in [5.41, 5.74) is 0.923. The van der Waals surface area contributed by atoms with Crippen LogP contribution in [-0.4, -0.2) is 49.4 Å². The van der Waals surface area contributed by atoms with Crippen molar-refractivity contribution in [2.24, 2.45) is 0 Å². The molecule has 1 aliphatic heterocycles. The second kappa shape index (κ2) is 8.69. The van der Waals surface area contributed by atoms with E-state index in [1.807, 2.05) is 9.80 Å². The van der Waals surface area contributed by atoms with Crippen molar-refractivity contribution in [3.05, 3.63) is 54.3 Å². The summed E-state index contributed by atoms with van der Waals surface area (Å²) in [5.74, 6) is -0.897. The van der Waals surface area contributed by atoms with Crippen LogP contribution in [0.25, 0.3) is 0 Å². The number of alkyl halides is 3. The molecule has 3 rings (SSSR count). The molecule has 156 valence electrons. The highest BCUT2D eigenvalue weighted by molar-refractivity contribution is 5.94. The van der Waals surface area contributed by atoms with Crippen LogP contribution in [0.3, 0.4) is 0 Å². The van der Waals surface area contributed by atoms with Gasteiger partial charge in [0.15, 0.2) is 0 Å². The number of hydrogen-bond acceptors (Lipinski definition) is 4. The zero-order valence-corrected chi connectivity index (χ0v) is 15.7. The first-order chi connectivity index (χ1) is 13.7. The van der Waals surface area contributed by atoms with Crippen LogP contribution in [-0.2, 0) is 4.79 Å². The van der Waals surface area contributed by atoms with E-state index in [9.17, 15) is 22.4 Å². The number of benzene rings is 2. The van der Waals surface area contributed by atoms with E-state index in [0.29, 0.717) is 37.6 Å². The molecule has 0 spiro atoms. The Morgan fingerprint density at radius 1 is 1.03 bits per heavy atom. The fourth-order valence-corrected chi connectivity index (χ4v) is 3.21. The number of nitrogens with zero attached hydrogens (tertiary/aromatic N) is 2. The minimum Gasteiger partial charge on any atom is -0.406 e. The van der Waals surface area contributed by atoms with Crippen LogP contribution in [0, 0.1) is 5.82 Å². The molecule has 1 atom stereocenters. The van der Waals surface area contributed by atoms with Gasteiger partial charge in [-0.05, 0) is 43.3 Å². The Bertz CT molecular complexity index is 834. The van der Waals surface area contributed by atoms with E-state index in [1.54, 1.807) is 25.1 Å². The maximum absolute atomic E-state index is 13.9. The molecule has 9 heteroatoms. The lowest BCUT2D eigenvalue weighted by atomic mass is 10.2. The summed E-state index contributed by atoms with van der Waals surface area (Å²) in [6.07, 6.45) is -4.76. The molecular weight excluding hydrogens is 390 g/mol. The van der Waals surface area contributed by atoms with Gasteiger partial charge in [0.05, 0.1) is 11.7 Å². The second-order valence-electron chi connectivity index (χ2n) is 6.71. The topological polar surface area (TPSA) is 44.8 Å². The Morgan fingerprint density at radius 2 is 1.66 bits per heavy atom. The molecule has 29 heavy (non-hydrogen) atoms. The van der Waals surface area contributed by atoms with Crippen LogP contribution in [0.5, 0.6) is 5.75 Å². The van der Waals surface area contributed by atoms with Crippen molar-refractivity contribution >= 4 is 17.3 Å². The van der Waals surface area contributed by atoms with E-state index >= 15 is 0 Å². The van der Waals surface area contributed by atoms with Crippen LogP contribution < -0.4 is 15.0 Å². The number of ether oxygens (including phenoxy) is 1. The average molecular weight is 411 g/mol. The highest BCUT2D eigenvalue weighted by atomic mass is 19.4. The number of carbonyl (C=O) groups is 1. The molecule has 0 aliphatic carbocycles. The highest BCUT2D eigenvalue weighted by Crippen LogP contribution is 2.24. The van der Waals surface area contributed by atoms with Crippen LogP contribution in [0.2, 0.25) is 0 Å². The number of amides is 1. The van der Waals surface area contributed by atoms with Crippen molar-refractivity contribution in [2.75, 3.05) is 36.4 Å². The number of hydrogen-bond donors (Lipinski definition) is 1. The lowest BCUT2D eigenvalue weighted by Gasteiger charge is -2.38. The minimum absolute atomic E-state index is 0.270. The number of carbonyl (C=O) groups excluding carboxylic acids is 1. The van der Waals surface area contributed by atoms with E-state index in [0.717, 1.165) is 12.1 Å². The summed E-state index contributed by atoms with van der Waals surface area (Å²) in [7, 11) is 0. The molecule has 0 aromatic heterocycles. The Balaban J connectivity index is 1.52. The molecule has 0 unspecified atom stereocenters. The summed E-state index contributed by atoms with van der Waals surface area (Å²) in [5, 5.41) is 2.69. The molecular formula is C20H21F4N3O2. The molecule has 0 bridgehead atoms. The molecule has 0 saturated carbocycles. The van der Waals surface area contributed by atoms with E-state index in [4.69, 9.17) is 0 Å². The fraction of sp³-hybridized carbons (Fsp3) is 0.350. The molecule has 5 nitrogen and oxygen atoms in total. The summed E-state index contributed by atoms with van der Waals surface area (Å²) < 4.78 is 54.3.